The van der Waals surface area contributed by atoms with E-state index in [0.717, 1.165) is 24.2 Å². The zero-order valence-corrected chi connectivity index (χ0v) is 19.4. The topological polar surface area (TPSA) is 72.8 Å². The van der Waals surface area contributed by atoms with Gasteiger partial charge in [-0.05, 0) is 49.3 Å². The molecule has 1 aromatic rings. The molecule has 0 amide bonds. The van der Waals surface area contributed by atoms with Crippen LogP contribution in [0.2, 0.25) is 0 Å². The smallest absolute Gasteiger partial charge is 0.264 e. The van der Waals surface area contributed by atoms with Crippen LogP contribution in [-0.2, 0) is 27.7 Å². The van der Waals surface area contributed by atoms with Gasteiger partial charge in [0.2, 0.25) is 0 Å². The predicted octanol–water partition coefficient (Wildman–Crippen LogP) is 5.52. The maximum Gasteiger partial charge on any atom is 0.264 e. The van der Waals surface area contributed by atoms with Crippen molar-refractivity contribution in [1.29, 1.82) is 0 Å². The van der Waals surface area contributed by atoms with E-state index >= 15 is 0 Å². The van der Waals surface area contributed by atoms with Crippen LogP contribution in [-0.4, -0.2) is 38.5 Å². The van der Waals surface area contributed by atoms with Gasteiger partial charge in [-0.15, -0.1) is 0 Å². The lowest BCUT2D eigenvalue weighted by molar-refractivity contribution is 0.100. The fourth-order valence-electron chi connectivity index (χ4n) is 3.48. The number of aryl methyl sites for hydroxylation is 3. The Morgan fingerprint density at radius 3 is 2.24 bits per heavy atom. The number of hydrogen-bond acceptors (Lipinski definition) is 4. The highest BCUT2D eigenvalue weighted by Crippen LogP contribution is 2.27. The minimum atomic E-state index is -3.90. The first kappa shape index (κ1) is 25.9. The molecule has 0 fully saturated rings. The first-order valence-corrected chi connectivity index (χ1v) is 12.8. The molecule has 0 bridgehead atoms. The van der Waals surface area contributed by atoms with Crippen molar-refractivity contribution in [1.82, 2.24) is 0 Å². The van der Waals surface area contributed by atoms with E-state index in [-0.39, 0.29) is 12.2 Å². The molecule has 0 heterocycles. The van der Waals surface area contributed by atoms with Crippen molar-refractivity contribution >= 4 is 10.1 Å². The molecular formula is C23H40O5S. The third-order valence-corrected chi connectivity index (χ3v) is 5.83. The highest BCUT2D eigenvalue weighted by atomic mass is 32.2. The molecule has 0 spiro atoms. The number of ether oxygens (including phenoxy) is 2. The Hall–Kier alpha value is -1.11. The van der Waals surface area contributed by atoms with E-state index in [0.29, 0.717) is 19.8 Å². The van der Waals surface area contributed by atoms with Gasteiger partial charge < -0.3 is 9.47 Å². The quantitative estimate of drug-likeness (QED) is 0.261. The molecule has 0 saturated heterocycles. The van der Waals surface area contributed by atoms with Gasteiger partial charge >= 0.3 is 0 Å². The maximum atomic E-state index is 10.7. The molecule has 0 atom stereocenters. The molecule has 168 valence electrons. The molecule has 0 aliphatic rings. The van der Waals surface area contributed by atoms with Gasteiger partial charge in [0.05, 0.1) is 12.4 Å². The molecule has 0 aliphatic carbocycles. The Bertz CT molecular complexity index is 670. The van der Waals surface area contributed by atoms with Gasteiger partial charge in [-0.25, -0.2) is 0 Å². The molecule has 1 aromatic carbocycles. The summed E-state index contributed by atoms with van der Waals surface area (Å²) in [4.78, 5) is 0. The van der Waals surface area contributed by atoms with Crippen molar-refractivity contribution in [3.63, 3.8) is 0 Å². The van der Waals surface area contributed by atoms with Crippen LogP contribution in [0.1, 0.15) is 81.9 Å². The van der Waals surface area contributed by atoms with Crippen molar-refractivity contribution in [2.24, 2.45) is 0 Å². The lowest BCUT2D eigenvalue weighted by Crippen LogP contribution is -2.12. The summed E-state index contributed by atoms with van der Waals surface area (Å²) in [6, 6.07) is 4.50. The summed E-state index contributed by atoms with van der Waals surface area (Å²) >= 11 is 0. The van der Waals surface area contributed by atoms with Crippen molar-refractivity contribution in [2.45, 2.75) is 85.0 Å². The summed E-state index contributed by atoms with van der Waals surface area (Å²) < 4.78 is 41.3. The molecule has 0 aromatic heterocycles. The third-order valence-electron chi connectivity index (χ3n) is 5.03. The second-order valence-corrected chi connectivity index (χ2v) is 9.30. The molecule has 5 nitrogen and oxygen atoms in total. The number of benzene rings is 1. The highest BCUT2D eigenvalue weighted by Gasteiger charge is 2.09. The summed E-state index contributed by atoms with van der Waals surface area (Å²) in [6.07, 6.45) is 11.6. The van der Waals surface area contributed by atoms with E-state index in [2.05, 4.69) is 32.9 Å². The summed E-state index contributed by atoms with van der Waals surface area (Å²) in [5, 5.41) is 0. The van der Waals surface area contributed by atoms with Gasteiger partial charge in [0.1, 0.15) is 12.4 Å². The highest BCUT2D eigenvalue weighted by molar-refractivity contribution is 7.85. The minimum Gasteiger partial charge on any atom is -0.491 e. The van der Waals surface area contributed by atoms with Crippen molar-refractivity contribution in [2.75, 3.05) is 25.6 Å². The lowest BCUT2D eigenvalue weighted by atomic mass is 9.98. The largest absolute Gasteiger partial charge is 0.491 e. The molecule has 1 rings (SSSR count). The van der Waals surface area contributed by atoms with Crippen LogP contribution in [0.4, 0.5) is 0 Å². The minimum absolute atomic E-state index is 0.271. The van der Waals surface area contributed by atoms with Gasteiger partial charge in [0, 0.05) is 6.61 Å². The zero-order chi connectivity index (χ0) is 21.5. The summed E-state index contributed by atoms with van der Waals surface area (Å²) in [6.45, 7) is 7.60. The molecule has 1 N–H and O–H groups in total. The van der Waals surface area contributed by atoms with Crippen LogP contribution in [0, 0.1) is 6.92 Å². The number of unbranched alkanes of at least 4 members (excludes halogenated alkanes) is 6. The second kappa shape index (κ2) is 14.8. The maximum absolute atomic E-state index is 10.7. The second-order valence-electron chi connectivity index (χ2n) is 7.73. The van der Waals surface area contributed by atoms with Crippen LogP contribution in [0.3, 0.4) is 0 Å². The van der Waals surface area contributed by atoms with Gasteiger partial charge in [-0.1, -0.05) is 64.5 Å². The van der Waals surface area contributed by atoms with Gasteiger partial charge in [0.15, 0.2) is 0 Å². The zero-order valence-electron chi connectivity index (χ0n) is 18.5. The summed E-state index contributed by atoms with van der Waals surface area (Å²) in [7, 11) is -3.90. The first-order chi connectivity index (χ1) is 13.9. The lowest BCUT2D eigenvalue weighted by Gasteiger charge is -2.16. The Labute approximate surface area is 177 Å². The van der Waals surface area contributed by atoms with Crippen molar-refractivity contribution in [3.8, 4) is 5.75 Å². The molecule has 0 saturated carbocycles. The van der Waals surface area contributed by atoms with E-state index in [1.165, 1.54) is 56.1 Å². The Balaban J connectivity index is 2.36. The van der Waals surface area contributed by atoms with Crippen molar-refractivity contribution < 1.29 is 22.4 Å². The summed E-state index contributed by atoms with van der Waals surface area (Å²) in [5.41, 5.74) is 3.78. The fraction of sp³-hybridized carbons (Fsp3) is 0.739. The van der Waals surface area contributed by atoms with E-state index < -0.39 is 10.1 Å². The van der Waals surface area contributed by atoms with E-state index in [4.69, 9.17) is 14.0 Å². The molecule has 0 unspecified atom stereocenters. The van der Waals surface area contributed by atoms with Crippen LogP contribution in [0.15, 0.2) is 12.1 Å². The molecule has 0 radical (unpaired) electrons. The third kappa shape index (κ3) is 12.2. The standard InChI is InChI=1S/C23H40O5S/c1-4-6-7-8-9-10-11-13-21-18-20(3)23(22(5-2)19-21)28-16-15-27-14-12-17-29(24,25)26/h18-19H,4-17H2,1-3H3,(H,24,25,26). The van der Waals surface area contributed by atoms with Crippen LogP contribution in [0.5, 0.6) is 5.75 Å². The molecule has 6 heteroatoms. The normalized spacial score (nSPS) is 11.7. The molecule has 29 heavy (non-hydrogen) atoms. The average molecular weight is 429 g/mol. The predicted molar refractivity (Wildman–Crippen MR) is 120 cm³/mol. The van der Waals surface area contributed by atoms with Gasteiger partial charge in [-0.2, -0.15) is 8.42 Å². The SMILES string of the molecule is CCCCCCCCCc1cc(C)c(OCCOCCCS(=O)(=O)O)c(CC)c1. The Morgan fingerprint density at radius 2 is 1.59 bits per heavy atom. The number of hydrogen-bond donors (Lipinski definition) is 1. The monoisotopic (exact) mass is 428 g/mol. The first-order valence-electron chi connectivity index (χ1n) is 11.2. The number of rotatable bonds is 17. The molecule has 0 aliphatic heterocycles. The van der Waals surface area contributed by atoms with E-state index in [1.807, 2.05) is 0 Å². The van der Waals surface area contributed by atoms with E-state index in [1.54, 1.807) is 0 Å². The van der Waals surface area contributed by atoms with Crippen LogP contribution >= 0.6 is 0 Å². The molecular weight excluding hydrogens is 388 g/mol. The van der Waals surface area contributed by atoms with E-state index in [9.17, 15) is 8.42 Å². The van der Waals surface area contributed by atoms with Gasteiger partial charge in [0.25, 0.3) is 10.1 Å². The Morgan fingerprint density at radius 1 is 0.897 bits per heavy atom. The average Bonchev–Trinajstić information content (AvgIpc) is 2.66. The summed E-state index contributed by atoms with van der Waals surface area (Å²) in [5.74, 6) is 0.671. The van der Waals surface area contributed by atoms with Crippen LogP contribution < -0.4 is 4.74 Å². The van der Waals surface area contributed by atoms with Crippen LogP contribution in [0.25, 0.3) is 0 Å². The fourth-order valence-corrected chi connectivity index (χ4v) is 3.96. The van der Waals surface area contributed by atoms with Crippen molar-refractivity contribution in [3.05, 3.63) is 28.8 Å². The Kier molecular flexibility index (Phi) is 13.2. The van der Waals surface area contributed by atoms with Gasteiger partial charge in [-0.3, -0.25) is 4.55 Å².